The van der Waals surface area contributed by atoms with Crippen LogP contribution in [0.3, 0.4) is 0 Å². The Morgan fingerprint density at radius 1 is 1.18 bits per heavy atom. The number of phenolic OH excluding ortho intramolecular Hbond substituents is 1. The van der Waals surface area contributed by atoms with E-state index >= 15 is 0 Å². The fraction of sp³-hybridized carbons (Fsp3) is 0. The van der Waals surface area contributed by atoms with Gasteiger partial charge in [-0.3, -0.25) is 0 Å². The number of aromatic hydroxyl groups is 1. The van der Waals surface area contributed by atoms with Crippen LogP contribution < -0.4 is 21.9 Å². The lowest BCUT2D eigenvalue weighted by Crippen LogP contribution is -2.27. The first kappa shape index (κ1) is 7.47. The maximum atomic E-state index is 9.24. The zero-order chi connectivity index (χ0) is 8.27. The molecule has 0 saturated heterocycles. The van der Waals surface area contributed by atoms with Crippen molar-refractivity contribution in [2.24, 2.45) is 11.5 Å². The number of rotatable bonds is 0. The van der Waals surface area contributed by atoms with Crippen molar-refractivity contribution in [3.63, 3.8) is 0 Å². The summed E-state index contributed by atoms with van der Waals surface area (Å²) in [7, 11) is 0. The minimum Gasteiger partial charge on any atom is -0.507 e. The van der Waals surface area contributed by atoms with Gasteiger partial charge in [0.05, 0.1) is 0 Å². The molecule has 0 heterocycles. The van der Waals surface area contributed by atoms with Gasteiger partial charge in [0.1, 0.15) is 5.75 Å². The number of phenols is 1. The Balaban J connectivity index is 3.65. The van der Waals surface area contributed by atoms with Gasteiger partial charge in [0.25, 0.3) is 0 Å². The average molecular weight is 150 g/mol. The van der Waals surface area contributed by atoms with E-state index in [-0.39, 0.29) is 5.75 Å². The SMILES string of the molecule is NC=c1cccc(O)c1=CN. The lowest BCUT2D eigenvalue weighted by Gasteiger charge is -1.92. The molecule has 11 heavy (non-hydrogen) atoms. The molecule has 0 bridgehead atoms. The van der Waals surface area contributed by atoms with Crippen LogP contribution in [0, 0.1) is 0 Å². The summed E-state index contributed by atoms with van der Waals surface area (Å²) >= 11 is 0. The van der Waals surface area contributed by atoms with Gasteiger partial charge in [-0.05, 0) is 6.07 Å². The Morgan fingerprint density at radius 3 is 2.36 bits per heavy atom. The fourth-order valence-corrected chi connectivity index (χ4v) is 0.897. The summed E-state index contributed by atoms with van der Waals surface area (Å²) in [5.74, 6) is 0.145. The van der Waals surface area contributed by atoms with Gasteiger partial charge in [-0.1, -0.05) is 12.1 Å². The molecule has 0 saturated carbocycles. The minimum atomic E-state index is 0.145. The summed E-state index contributed by atoms with van der Waals surface area (Å²) in [6.45, 7) is 0. The van der Waals surface area contributed by atoms with Crippen LogP contribution in [0.25, 0.3) is 12.4 Å². The molecule has 0 aromatic heterocycles. The van der Waals surface area contributed by atoms with Gasteiger partial charge >= 0.3 is 0 Å². The van der Waals surface area contributed by atoms with Crippen LogP contribution in [0.2, 0.25) is 0 Å². The van der Waals surface area contributed by atoms with Gasteiger partial charge in [0, 0.05) is 22.8 Å². The molecule has 1 aromatic carbocycles. The fourth-order valence-electron chi connectivity index (χ4n) is 0.897. The second-order valence-corrected chi connectivity index (χ2v) is 2.11. The van der Waals surface area contributed by atoms with E-state index in [0.717, 1.165) is 5.22 Å². The molecule has 0 amide bonds. The van der Waals surface area contributed by atoms with Crippen molar-refractivity contribution in [3.05, 3.63) is 28.6 Å². The third-order valence-electron chi connectivity index (χ3n) is 1.46. The molecule has 0 aliphatic carbocycles. The zero-order valence-electron chi connectivity index (χ0n) is 5.99. The molecule has 3 heteroatoms. The van der Waals surface area contributed by atoms with Gasteiger partial charge in [0.2, 0.25) is 0 Å². The minimum absolute atomic E-state index is 0.145. The van der Waals surface area contributed by atoms with Gasteiger partial charge in [-0.15, -0.1) is 0 Å². The van der Waals surface area contributed by atoms with E-state index in [1.807, 2.05) is 0 Å². The summed E-state index contributed by atoms with van der Waals surface area (Å²) in [6, 6.07) is 5.05. The molecule has 0 aliphatic heterocycles. The second kappa shape index (κ2) is 2.96. The molecule has 0 fully saturated rings. The van der Waals surface area contributed by atoms with Crippen molar-refractivity contribution in [3.8, 4) is 5.75 Å². The first-order valence-electron chi connectivity index (χ1n) is 3.21. The molecular formula is C8H10N2O. The molecule has 0 spiro atoms. The van der Waals surface area contributed by atoms with Crippen LogP contribution in [0.1, 0.15) is 0 Å². The van der Waals surface area contributed by atoms with E-state index in [4.69, 9.17) is 11.5 Å². The van der Waals surface area contributed by atoms with Gasteiger partial charge in [-0.25, -0.2) is 0 Å². The summed E-state index contributed by atoms with van der Waals surface area (Å²) in [5, 5.41) is 10.5. The van der Waals surface area contributed by atoms with E-state index in [9.17, 15) is 5.11 Å². The number of hydrogen-bond acceptors (Lipinski definition) is 3. The predicted molar refractivity (Wildman–Crippen MR) is 44.7 cm³/mol. The normalized spacial score (nSPS) is 13.8. The lowest BCUT2D eigenvalue weighted by molar-refractivity contribution is 0.470. The summed E-state index contributed by atoms with van der Waals surface area (Å²) in [5.41, 5.74) is 10.5. The molecule has 0 aliphatic rings. The predicted octanol–water partition coefficient (Wildman–Crippen LogP) is -1.21. The quantitative estimate of drug-likeness (QED) is 0.434. The van der Waals surface area contributed by atoms with Gasteiger partial charge in [-0.2, -0.15) is 0 Å². The Labute approximate surface area is 64.3 Å². The first-order chi connectivity index (χ1) is 5.29. The highest BCUT2D eigenvalue weighted by Crippen LogP contribution is 1.92. The van der Waals surface area contributed by atoms with E-state index in [1.165, 1.54) is 12.4 Å². The Bertz CT molecular complexity index is 357. The molecule has 1 aromatic rings. The topological polar surface area (TPSA) is 72.3 Å². The maximum absolute atomic E-state index is 9.24. The number of hydrogen-bond donors (Lipinski definition) is 3. The van der Waals surface area contributed by atoms with Crippen LogP contribution in [0.15, 0.2) is 18.2 Å². The molecule has 5 N–H and O–H groups in total. The van der Waals surface area contributed by atoms with Crippen molar-refractivity contribution in [2.45, 2.75) is 0 Å². The van der Waals surface area contributed by atoms with Crippen LogP contribution in [-0.4, -0.2) is 5.11 Å². The monoisotopic (exact) mass is 150 g/mol. The molecule has 1 rings (SSSR count). The van der Waals surface area contributed by atoms with Crippen LogP contribution in [0.4, 0.5) is 0 Å². The van der Waals surface area contributed by atoms with Crippen molar-refractivity contribution in [1.29, 1.82) is 0 Å². The number of nitrogens with two attached hydrogens (primary N) is 2. The summed E-state index contributed by atoms with van der Waals surface area (Å²) in [6.07, 6.45) is 2.73. The van der Waals surface area contributed by atoms with Gasteiger partial charge in [0.15, 0.2) is 0 Å². The zero-order valence-corrected chi connectivity index (χ0v) is 5.99. The van der Waals surface area contributed by atoms with Gasteiger partial charge < -0.3 is 16.6 Å². The van der Waals surface area contributed by atoms with E-state index in [2.05, 4.69) is 0 Å². The molecule has 0 unspecified atom stereocenters. The van der Waals surface area contributed by atoms with Crippen molar-refractivity contribution in [2.75, 3.05) is 0 Å². The van der Waals surface area contributed by atoms with Crippen LogP contribution in [-0.2, 0) is 0 Å². The first-order valence-corrected chi connectivity index (χ1v) is 3.21. The van der Waals surface area contributed by atoms with Crippen molar-refractivity contribution in [1.82, 2.24) is 0 Å². The average Bonchev–Trinajstić information content (AvgIpc) is 2.04. The largest absolute Gasteiger partial charge is 0.507 e. The highest BCUT2D eigenvalue weighted by molar-refractivity contribution is 5.35. The third kappa shape index (κ3) is 1.26. The van der Waals surface area contributed by atoms with Crippen LogP contribution >= 0.6 is 0 Å². The molecule has 58 valence electrons. The highest BCUT2D eigenvalue weighted by Gasteiger charge is 1.89. The standard InChI is InChI=1S/C8H10N2O/c9-4-6-2-1-3-8(11)7(6)5-10/h1-5,11H,9-10H2. The molecule has 3 nitrogen and oxygen atoms in total. The Kier molecular flexibility index (Phi) is 2.01. The van der Waals surface area contributed by atoms with E-state index in [1.54, 1.807) is 18.2 Å². The number of benzene rings is 1. The molecular weight excluding hydrogens is 140 g/mol. The Morgan fingerprint density at radius 2 is 1.91 bits per heavy atom. The lowest BCUT2D eigenvalue weighted by atomic mass is 10.2. The maximum Gasteiger partial charge on any atom is 0.124 e. The Hall–Kier alpha value is -1.64. The second-order valence-electron chi connectivity index (χ2n) is 2.11. The molecule has 0 radical (unpaired) electrons. The third-order valence-corrected chi connectivity index (χ3v) is 1.46. The highest BCUT2D eigenvalue weighted by atomic mass is 16.3. The molecule has 0 atom stereocenters. The van der Waals surface area contributed by atoms with E-state index in [0.29, 0.717) is 5.22 Å². The summed E-state index contributed by atoms with van der Waals surface area (Å²) in [4.78, 5) is 0. The summed E-state index contributed by atoms with van der Waals surface area (Å²) < 4.78 is 0. The van der Waals surface area contributed by atoms with Crippen molar-refractivity contribution < 1.29 is 5.11 Å². The smallest absolute Gasteiger partial charge is 0.124 e. The van der Waals surface area contributed by atoms with E-state index < -0.39 is 0 Å². The van der Waals surface area contributed by atoms with Crippen LogP contribution in [0.5, 0.6) is 5.75 Å². The van der Waals surface area contributed by atoms with Crippen molar-refractivity contribution >= 4 is 12.4 Å².